The Hall–Kier alpha value is -2.36. The Balaban J connectivity index is 2.25. The summed E-state index contributed by atoms with van der Waals surface area (Å²) in [5.74, 6) is -0.243. The van der Waals surface area contributed by atoms with Gasteiger partial charge in [-0.3, -0.25) is 4.68 Å². The summed E-state index contributed by atoms with van der Waals surface area (Å²) in [4.78, 5) is 7.61. The van der Waals surface area contributed by atoms with Crippen molar-refractivity contribution in [2.24, 2.45) is 0 Å². The van der Waals surface area contributed by atoms with Crippen LogP contribution < -0.4 is 10.6 Å². The zero-order valence-electron chi connectivity index (χ0n) is 13.8. The van der Waals surface area contributed by atoms with Crippen LogP contribution in [-0.4, -0.2) is 40.5 Å². The zero-order valence-corrected chi connectivity index (χ0v) is 13.8. The highest BCUT2D eigenvalue weighted by Crippen LogP contribution is 2.33. The van der Waals surface area contributed by atoms with Gasteiger partial charge < -0.3 is 15.4 Å². The highest BCUT2D eigenvalue weighted by atomic mass is 19.4. The quantitative estimate of drug-likeness (QED) is 0.839. The molecule has 2 rings (SSSR count). The first-order valence-corrected chi connectivity index (χ1v) is 7.20. The first kappa shape index (κ1) is 18.0. The van der Waals surface area contributed by atoms with Gasteiger partial charge in [-0.15, -0.1) is 0 Å². The number of hydrogen-bond acceptors (Lipinski definition) is 6. The molecule has 0 aliphatic carbocycles. The molecule has 2 heterocycles. The van der Waals surface area contributed by atoms with Gasteiger partial charge in [0.2, 0.25) is 5.95 Å². The lowest BCUT2D eigenvalue weighted by molar-refractivity contribution is -0.137. The third kappa shape index (κ3) is 3.94. The smallest absolute Gasteiger partial charge is 0.382 e. The molecule has 10 heteroatoms. The molecule has 2 N–H and O–H groups in total. The van der Waals surface area contributed by atoms with Crippen LogP contribution in [-0.2, 0) is 10.9 Å². The minimum absolute atomic E-state index is 0.0191. The van der Waals surface area contributed by atoms with E-state index in [0.717, 1.165) is 6.20 Å². The van der Waals surface area contributed by atoms with Crippen molar-refractivity contribution in [3.8, 4) is 0 Å². The second kappa shape index (κ2) is 7.04. The molecule has 0 amide bonds. The number of nitrogens with one attached hydrogen (secondary N) is 2. The number of rotatable bonds is 6. The van der Waals surface area contributed by atoms with Gasteiger partial charge in [0.1, 0.15) is 11.4 Å². The van der Waals surface area contributed by atoms with Gasteiger partial charge in [0, 0.05) is 26.6 Å². The topological polar surface area (TPSA) is 76.9 Å². The number of ether oxygens (including phenoxy) is 1. The van der Waals surface area contributed by atoms with Gasteiger partial charge in [0.15, 0.2) is 0 Å². The molecule has 7 nitrogen and oxygen atoms in total. The Morgan fingerprint density at radius 2 is 2.08 bits per heavy atom. The van der Waals surface area contributed by atoms with Gasteiger partial charge in [0.25, 0.3) is 0 Å². The standard InChI is InChI=1S/C14H19F3N6O/c1-8(7-24-4)23-6-11(9(2)22-23)20-13-19-5-10(14(15,16)17)12(18-3)21-13/h5-6,8H,7H2,1-4H3,(H2,18,19,20,21)/t8-/m0/s1. The van der Waals surface area contributed by atoms with Gasteiger partial charge in [-0.2, -0.15) is 23.3 Å². The zero-order chi connectivity index (χ0) is 17.9. The molecule has 24 heavy (non-hydrogen) atoms. The molecule has 0 radical (unpaired) electrons. The number of hydrogen-bond donors (Lipinski definition) is 2. The largest absolute Gasteiger partial charge is 0.421 e. The lowest BCUT2D eigenvalue weighted by Crippen LogP contribution is -2.12. The fourth-order valence-corrected chi connectivity index (χ4v) is 2.11. The van der Waals surface area contributed by atoms with Crippen molar-refractivity contribution in [1.82, 2.24) is 19.7 Å². The van der Waals surface area contributed by atoms with Crippen LogP contribution in [0.5, 0.6) is 0 Å². The molecule has 132 valence electrons. The monoisotopic (exact) mass is 344 g/mol. The highest BCUT2D eigenvalue weighted by molar-refractivity contribution is 5.57. The van der Waals surface area contributed by atoms with Gasteiger partial charge >= 0.3 is 6.18 Å². The lowest BCUT2D eigenvalue weighted by atomic mass is 10.3. The normalized spacial score (nSPS) is 13.0. The molecule has 0 aromatic carbocycles. The molecular formula is C14H19F3N6O. The van der Waals surface area contributed by atoms with Crippen molar-refractivity contribution < 1.29 is 17.9 Å². The van der Waals surface area contributed by atoms with Crippen molar-refractivity contribution in [2.45, 2.75) is 26.1 Å². The minimum atomic E-state index is -4.52. The molecule has 2 aromatic rings. The molecular weight excluding hydrogens is 325 g/mol. The SMILES string of the molecule is CNc1nc(Nc2cn([C@@H](C)COC)nc2C)ncc1C(F)(F)F. The number of aryl methyl sites for hydroxylation is 1. The van der Waals surface area contributed by atoms with Crippen LogP contribution >= 0.6 is 0 Å². The Labute approximate surface area is 137 Å². The summed E-state index contributed by atoms with van der Waals surface area (Å²) in [6.07, 6.45) is -2.04. The van der Waals surface area contributed by atoms with Crippen molar-refractivity contribution in [3.63, 3.8) is 0 Å². The van der Waals surface area contributed by atoms with Crippen molar-refractivity contribution >= 4 is 17.5 Å². The lowest BCUT2D eigenvalue weighted by Gasteiger charge is -2.12. The summed E-state index contributed by atoms with van der Waals surface area (Å²) in [5.41, 5.74) is 0.365. The van der Waals surface area contributed by atoms with Crippen LogP contribution in [0.2, 0.25) is 0 Å². The van der Waals surface area contributed by atoms with Crippen LogP contribution in [0.15, 0.2) is 12.4 Å². The van der Waals surface area contributed by atoms with E-state index in [1.807, 2.05) is 6.92 Å². The van der Waals surface area contributed by atoms with Crippen LogP contribution in [0.1, 0.15) is 24.2 Å². The second-order valence-electron chi connectivity index (χ2n) is 5.24. The van der Waals surface area contributed by atoms with Gasteiger partial charge in [-0.05, 0) is 13.8 Å². The Morgan fingerprint density at radius 1 is 1.38 bits per heavy atom. The number of alkyl halides is 3. The Kier molecular flexibility index (Phi) is 5.27. The van der Waals surface area contributed by atoms with Crippen molar-refractivity contribution in [1.29, 1.82) is 0 Å². The maximum absolute atomic E-state index is 12.9. The molecule has 2 aromatic heterocycles. The van der Waals surface area contributed by atoms with E-state index in [2.05, 4.69) is 25.7 Å². The van der Waals surface area contributed by atoms with E-state index < -0.39 is 11.7 Å². The third-order valence-corrected chi connectivity index (χ3v) is 3.35. The summed E-state index contributed by atoms with van der Waals surface area (Å²) in [7, 11) is 2.97. The first-order chi connectivity index (χ1) is 11.3. The van der Waals surface area contributed by atoms with E-state index in [1.54, 1.807) is 24.9 Å². The van der Waals surface area contributed by atoms with Crippen LogP contribution in [0.3, 0.4) is 0 Å². The Morgan fingerprint density at radius 3 is 2.67 bits per heavy atom. The maximum Gasteiger partial charge on any atom is 0.421 e. The number of nitrogens with zero attached hydrogens (tertiary/aromatic N) is 4. The maximum atomic E-state index is 12.9. The van der Waals surface area contributed by atoms with E-state index in [1.165, 1.54) is 7.05 Å². The average Bonchev–Trinajstić information content (AvgIpc) is 2.87. The number of methoxy groups -OCH3 is 1. The fraction of sp³-hybridized carbons (Fsp3) is 0.500. The van der Waals surface area contributed by atoms with Crippen LogP contribution in [0.4, 0.5) is 30.6 Å². The Bertz CT molecular complexity index is 700. The third-order valence-electron chi connectivity index (χ3n) is 3.35. The van der Waals surface area contributed by atoms with Crippen LogP contribution in [0, 0.1) is 6.92 Å². The van der Waals surface area contributed by atoms with Gasteiger partial charge in [-0.25, -0.2) is 4.98 Å². The predicted octanol–water partition coefficient (Wildman–Crippen LogP) is 2.99. The molecule has 0 unspecified atom stereocenters. The second-order valence-corrected chi connectivity index (χ2v) is 5.24. The molecule has 0 saturated heterocycles. The van der Waals surface area contributed by atoms with Crippen LogP contribution in [0.25, 0.3) is 0 Å². The highest BCUT2D eigenvalue weighted by Gasteiger charge is 2.35. The molecule has 0 aliphatic rings. The molecule has 1 atom stereocenters. The van der Waals surface area contributed by atoms with Gasteiger partial charge in [0.05, 0.1) is 24.0 Å². The minimum Gasteiger partial charge on any atom is -0.382 e. The summed E-state index contributed by atoms with van der Waals surface area (Å²) in [6, 6.07) is 0.0191. The molecule has 0 saturated carbocycles. The van der Waals surface area contributed by atoms with Crippen molar-refractivity contribution in [2.75, 3.05) is 31.4 Å². The summed E-state index contributed by atoms with van der Waals surface area (Å²) in [6.45, 7) is 4.20. The van der Waals surface area contributed by atoms with Gasteiger partial charge in [-0.1, -0.05) is 0 Å². The first-order valence-electron chi connectivity index (χ1n) is 7.20. The molecule has 0 bridgehead atoms. The van der Waals surface area contributed by atoms with E-state index >= 15 is 0 Å². The summed E-state index contributed by atoms with van der Waals surface area (Å²) in [5, 5.41) is 9.67. The molecule has 0 fully saturated rings. The van der Waals surface area contributed by atoms with E-state index in [4.69, 9.17) is 4.74 Å². The van der Waals surface area contributed by atoms with E-state index in [0.29, 0.717) is 18.0 Å². The number of anilines is 3. The number of halogens is 3. The van der Waals surface area contributed by atoms with E-state index in [9.17, 15) is 13.2 Å². The summed E-state index contributed by atoms with van der Waals surface area (Å²) < 4.78 is 45.4. The average molecular weight is 344 g/mol. The molecule has 0 aliphatic heterocycles. The predicted molar refractivity (Wildman–Crippen MR) is 83.4 cm³/mol. The number of aromatic nitrogens is 4. The van der Waals surface area contributed by atoms with Crippen molar-refractivity contribution in [3.05, 3.63) is 23.7 Å². The van der Waals surface area contributed by atoms with E-state index in [-0.39, 0.29) is 17.8 Å². The fourth-order valence-electron chi connectivity index (χ4n) is 2.11. The molecule has 0 spiro atoms. The summed E-state index contributed by atoms with van der Waals surface area (Å²) >= 11 is 0.